The number of ether oxygens (including phenoxy) is 2. The first-order chi connectivity index (χ1) is 22.3. The van der Waals surface area contributed by atoms with Gasteiger partial charge in [-0.05, 0) is 111 Å². The molecule has 250 valence electrons. The molecule has 2 saturated carbocycles. The van der Waals surface area contributed by atoms with Gasteiger partial charge in [0.15, 0.2) is 0 Å². The molecule has 0 radical (unpaired) electrons. The van der Waals surface area contributed by atoms with E-state index < -0.39 is 18.5 Å². The normalized spacial score (nSPS) is 22.1. The third-order valence-electron chi connectivity index (χ3n) is 10.5. The largest absolute Gasteiger partial charge is 0.462 e. The molecule has 0 heterocycles. The first-order valence-corrected chi connectivity index (χ1v) is 17.7. The van der Waals surface area contributed by atoms with E-state index in [1.165, 1.54) is 86.5 Å². The molecule has 1 atom stereocenters. The Labute approximate surface area is 277 Å². The molecule has 5 nitrogen and oxygen atoms in total. The molecule has 2 aromatic carbocycles. The second-order valence-corrected chi connectivity index (χ2v) is 14.0. The Morgan fingerprint density at radius 1 is 0.783 bits per heavy atom. The van der Waals surface area contributed by atoms with E-state index in [2.05, 4.69) is 68.6 Å². The van der Waals surface area contributed by atoms with Crippen LogP contribution in [0.15, 0.2) is 72.8 Å². The van der Waals surface area contributed by atoms with Crippen molar-refractivity contribution in [3.05, 3.63) is 84.0 Å². The predicted octanol–water partition coefficient (Wildman–Crippen LogP) is 9.38. The van der Waals surface area contributed by atoms with Crippen LogP contribution in [0.2, 0.25) is 0 Å². The Morgan fingerprint density at radius 2 is 1.33 bits per heavy atom. The van der Waals surface area contributed by atoms with Gasteiger partial charge >= 0.3 is 11.9 Å². The number of hydrogen-bond acceptors (Lipinski definition) is 5. The zero-order valence-corrected chi connectivity index (χ0v) is 28.3. The van der Waals surface area contributed by atoms with Crippen LogP contribution in [-0.2, 0) is 25.5 Å². The van der Waals surface area contributed by atoms with E-state index in [1.54, 1.807) is 6.92 Å². The molecule has 0 saturated heterocycles. The van der Waals surface area contributed by atoms with Crippen molar-refractivity contribution >= 4 is 11.9 Å². The van der Waals surface area contributed by atoms with E-state index in [0.717, 1.165) is 31.1 Å². The van der Waals surface area contributed by atoms with E-state index in [1.807, 2.05) is 0 Å². The molecule has 5 heteroatoms. The summed E-state index contributed by atoms with van der Waals surface area (Å²) in [6, 6.07) is 18.5. The summed E-state index contributed by atoms with van der Waals surface area (Å²) in [5.41, 5.74) is 5.93. The molecular formula is C41H56O5. The van der Waals surface area contributed by atoms with E-state index in [0.29, 0.717) is 17.4 Å². The molecule has 0 bridgehead atoms. The molecule has 0 amide bonds. The van der Waals surface area contributed by atoms with Crippen LogP contribution >= 0.6 is 0 Å². The maximum absolute atomic E-state index is 12.1. The van der Waals surface area contributed by atoms with Gasteiger partial charge in [0.1, 0.15) is 0 Å². The maximum Gasteiger partial charge on any atom is 0.335 e. The zero-order valence-electron chi connectivity index (χ0n) is 28.3. The van der Waals surface area contributed by atoms with E-state index in [-0.39, 0.29) is 24.7 Å². The lowest BCUT2D eigenvalue weighted by atomic mass is 9.67. The molecule has 2 fully saturated rings. The highest BCUT2D eigenvalue weighted by Gasteiger charge is 2.32. The monoisotopic (exact) mass is 628 g/mol. The molecule has 2 aromatic rings. The third-order valence-corrected chi connectivity index (χ3v) is 10.5. The number of benzene rings is 2. The number of esters is 2. The maximum atomic E-state index is 12.1. The Bertz CT molecular complexity index is 1260. The van der Waals surface area contributed by atoms with E-state index in [4.69, 9.17) is 9.47 Å². The van der Waals surface area contributed by atoms with Crippen molar-refractivity contribution in [1.82, 2.24) is 0 Å². The Balaban J connectivity index is 1.21. The molecule has 46 heavy (non-hydrogen) atoms. The quantitative estimate of drug-likeness (QED) is 0.114. The molecular weight excluding hydrogens is 572 g/mol. The van der Waals surface area contributed by atoms with Gasteiger partial charge < -0.3 is 14.6 Å². The molecule has 0 spiro atoms. The number of aryl methyl sites for hydroxylation is 1. The number of carbonyl (C=O) groups excluding carboxylic acids is 2. The van der Waals surface area contributed by atoms with Gasteiger partial charge in [-0.15, -0.1) is 0 Å². The molecule has 4 rings (SSSR count). The van der Waals surface area contributed by atoms with Gasteiger partial charge in [-0.3, -0.25) is 0 Å². The van der Waals surface area contributed by atoms with Gasteiger partial charge in [-0.1, -0.05) is 94.3 Å². The fourth-order valence-corrected chi connectivity index (χ4v) is 7.54. The van der Waals surface area contributed by atoms with Crippen molar-refractivity contribution < 1.29 is 24.2 Å². The number of rotatable bonds is 16. The molecule has 2 aliphatic rings. The number of aliphatic hydroxyl groups excluding tert-OH is 1. The zero-order chi connectivity index (χ0) is 32.9. The summed E-state index contributed by atoms with van der Waals surface area (Å²) in [6.45, 7) is 11.0. The minimum Gasteiger partial charge on any atom is -0.462 e. The average molecular weight is 629 g/mol. The highest BCUT2D eigenvalue weighted by molar-refractivity contribution is 5.88. The van der Waals surface area contributed by atoms with Crippen molar-refractivity contribution in [2.45, 2.75) is 103 Å². The number of unbranched alkanes of at least 4 members (excludes halogenated alkanes) is 2. The first kappa shape index (κ1) is 35.7. The lowest BCUT2D eigenvalue weighted by Gasteiger charge is -2.38. The van der Waals surface area contributed by atoms with Crippen molar-refractivity contribution in [3.63, 3.8) is 0 Å². The van der Waals surface area contributed by atoms with Crippen molar-refractivity contribution in [1.29, 1.82) is 0 Å². The van der Waals surface area contributed by atoms with Crippen LogP contribution in [0.3, 0.4) is 0 Å². The molecule has 1 unspecified atom stereocenters. The lowest BCUT2D eigenvalue weighted by molar-refractivity contribution is -0.144. The van der Waals surface area contributed by atoms with E-state index in [9.17, 15) is 14.7 Å². The van der Waals surface area contributed by atoms with Gasteiger partial charge in [0.05, 0.1) is 25.4 Å². The molecule has 0 aromatic heterocycles. The fourth-order valence-electron chi connectivity index (χ4n) is 7.54. The standard InChI is InChI=1S/C41H56O5/c1-5-6-7-8-31-9-13-34(14-10-31)36-17-21-38(22-18-36)39-23-19-37(20-24-39)35-15-11-32(12-16-35)25-33(27-45-40(43)29(2)3)28-46-41(44)30(4)26-42/h9-10,13-14,17-18,21-22,32-33,35,37,39,42H,2,4-8,11-12,15-16,19-20,23-28H2,1,3H3. The predicted molar refractivity (Wildman–Crippen MR) is 186 cm³/mol. The summed E-state index contributed by atoms with van der Waals surface area (Å²) in [6.07, 6.45) is 15.8. The van der Waals surface area contributed by atoms with Gasteiger partial charge in [0.25, 0.3) is 0 Å². The van der Waals surface area contributed by atoms with Gasteiger partial charge in [-0.25, -0.2) is 9.59 Å². The second-order valence-electron chi connectivity index (χ2n) is 14.0. The van der Waals surface area contributed by atoms with Crippen LogP contribution in [0.5, 0.6) is 0 Å². The van der Waals surface area contributed by atoms with Crippen LogP contribution in [0.4, 0.5) is 0 Å². The second kappa shape index (κ2) is 18.2. The highest BCUT2D eigenvalue weighted by atomic mass is 16.5. The van der Waals surface area contributed by atoms with Gasteiger partial charge in [0.2, 0.25) is 0 Å². The summed E-state index contributed by atoms with van der Waals surface area (Å²) >= 11 is 0. The average Bonchev–Trinajstić information content (AvgIpc) is 3.09. The topological polar surface area (TPSA) is 72.8 Å². The smallest absolute Gasteiger partial charge is 0.335 e. The van der Waals surface area contributed by atoms with Crippen LogP contribution in [-0.4, -0.2) is 36.9 Å². The number of aliphatic hydroxyl groups is 1. The van der Waals surface area contributed by atoms with Gasteiger partial charge in [-0.2, -0.15) is 0 Å². The number of hydrogen-bond donors (Lipinski definition) is 1. The summed E-state index contributed by atoms with van der Waals surface area (Å²) in [7, 11) is 0. The third kappa shape index (κ3) is 10.7. The molecule has 0 aliphatic heterocycles. The Morgan fingerprint density at radius 3 is 1.87 bits per heavy atom. The number of carbonyl (C=O) groups is 2. The van der Waals surface area contributed by atoms with Crippen LogP contribution in [0, 0.1) is 23.7 Å². The van der Waals surface area contributed by atoms with Gasteiger partial charge in [0, 0.05) is 11.5 Å². The lowest BCUT2D eigenvalue weighted by Crippen LogP contribution is -2.28. The summed E-state index contributed by atoms with van der Waals surface area (Å²) in [5, 5.41) is 9.17. The summed E-state index contributed by atoms with van der Waals surface area (Å²) < 4.78 is 10.8. The summed E-state index contributed by atoms with van der Waals surface area (Å²) in [4.78, 5) is 24.1. The first-order valence-electron chi connectivity index (χ1n) is 17.7. The van der Waals surface area contributed by atoms with Crippen molar-refractivity contribution in [2.24, 2.45) is 23.7 Å². The summed E-state index contributed by atoms with van der Waals surface area (Å²) in [5.74, 6) is 1.68. The van der Waals surface area contributed by atoms with Crippen molar-refractivity contribution in [2.75, 3.05) is 19.8 Å². The fraction of sp³-hybridized carbons (Fsp3) is 0.561. The van der Waals surface area contributed by atoms with Crippen LogP contribution in [0.1, 0.15) is 108 Å². The van der Waals surface area contributed by atoms with Crippen molar-refractivity contribution in [3.8, 4) is 11.1 Å². The minimum atomic E-state index is -0.600. The minimum absolute atomic E-state index is 0.0311. The van der Waals surface area contributed by atoms with E-state index >= 15 is 0 Å². The molecule has 2 aliphatic carbocycles. The highest BCUT2D eigenvalue weighted by Crippen LogP contribution is 2.45. The Hall–Kier alpha value is -3.18. The SMILES string of the molecule is C=C(C)C(=O)OCC(COC(=O)C(=C)CO)CC1CCC(C2CCC(c3ccc(-c4ccc(CCCCC)cc4)cc3)CC2)CC1. The van der Waals surface area contributed by atoms with Crippen LogP contribution < -0.4 is 0 Å². The van der Waals surface area contributed by atoms with Crippen LogP contribution in [0.25, 0.3) is 11.1 Å². The molecule has 1 N–H and O–H groups in total. The Kier molecular flexibility index (Phi) is 14.1.